The third-order valence-electron chi connectivity index (χ3n) is 4.99. The van der Waals surface area contributed by atoms with Crippen molar-refractivity contribution in [3.05, 3.63) is 71.7 Å². The lowest BCUT2D eigenvalue weighted by molar-refractivity contribution is 0.0284. The monoisotopic (exact) mass is 555 g/mol. The molecule has 2 heterocycles. The average Bonchev–Trinajstić information content (AvgIpc) is 3.08. The van der Waals surface area contributed by atoms with Gasteiger partial charge in [-0.2, -0.15) is 4.39 Å². The van der Waals surface area contributed by atoms with E-state index < -0.39 is 60.3 Å². The summed E-state index contributed by atoms with van der Waals surface area (Å²) in [7, 11) is -6.67. The molecule has 3 rings (SSSR count). The Morgan fingerprint density at radius 3 is 2.38 bits per heavy atom. The third-order valence-corrected chi connectivity index (χ3v) is 7.51. The molecule has 2 aromatic heterocycles. The number of rotatable bonds is 7. The quantitative estimate of drug-likeness (QED) is 0.405. The van der Waals surface area contributed by atoms with Crippen molar-refractivity contribution in [2.24, 2.45) is 0 Å². The van der Waals surface area contributed by atoms with Gasteiger partial charge in [-0.05, 0) is 50.6 Å². The summed E-state index contributed by atoms with van der Waals surface area (Å²) in [5.41, 5.74) is -1.87. The molecule has 0 unspecified atom stereocenters. The third kappa shape index (κ3) is 6.72. The number of halogens is 2. The maximum Gasteiger partial charge on any atom is 0.410 e. The van der Waals surface area contributed by atoms with Gasteiger partial charge in [-0.25, -0.2) is 35.0 Å². The number of ether oxygens (including phenoxy) is 1. The van der Waals surface area contributed by atoms with Gasteiger partial charge in [0.05, 0.1) is 22.8 Å². The highest BCUT2D eigenvalue weighted by Crippen LogP contribution is 2.32. The average molecular weight is 556 g/mol. The molecule has 0 aliphatic heterocycles. The summed E-state index contributed by atoms with van der Waals surface area (Å²) >= 11 is 0. The standard InChI is InChI=1S/C24H27F2N3O6S2/c1-24(2,3)35-23(30)28(4)13-17-14-29(21(20(17)25)19-10-7-11-27-22(19)26)37(33,34)18-9-6-8-16(12-18)15-36(5,31)32/h6-12,14H,13,15H2,1-5H3. The molecule has 0 bridgehead atoms. The minimum absolute atomic E-state index is 0.204. The minimum Gasteiger partial charge on any atom is -0.444 e. The van der Waals surface area contributed by atoms with Crippen LogP contribution in [0.25, 0.3) is 11.3 Å². The maximum absolute atomic E-state index is 15.7. The van der Waals surface area contributed by atoms with Gasteiger partial charge >= 0.3 is 6.09 Å². The fraction of sp³-hybridized carbons (Fsp3) is 0.333. The smallest absolute Gasteiger partial charge is 0.410 e. The normalized spacial score (nSPS) is 12.4. The second kappa shape index (κ2) is 10.2. The van der Waals surface area contributed by atoms with Crippen LogP contribution in [0.5, 0.6) is 0 Å². The molecule has 200 valence electrons. The molecule has 0 aliphatic carbocycles. The van der Waals surface area contributed by atoms with Gasteiger partial charge in [-0.1, -0.05) is 12.1 Å². The van der Waals surface area contributed by atoms with Gasteiger partial charge in [-0.15, -0.1) is 0 Å². The van der Waals surface area contributed by atoms with Gasteiger partial charge in [0.15, 0.2) is 15.7 Å². The van der Waals surface area contributed by atoms with Gasteiger partial charge in [0.25, 0.3) is 10.0 Å². The molecule has 37 heavy (non-hydrogen) atoms. The van der Waals surface area contributed by atoms with E-state index in [-0.39, 0.29) is 22.6 Å². The molecule has 0 radical (unpaired) electrons. The van der Waals surface area contributed by atoms with Crippen LogP contribution in [-0.4, -0.2) is 55.7 Å². The number of amides is 1. The Kier molecular flexibility index (Phi) is 7.80. The van der Waals surface area contributed by atoms with Gasteiger partial charge in [0, 0.05) is 31.3 Å². The number of hydrogen-bond donors (Lipinski definition) is 0. The minimum atomic E-state index is -4.55. The Bertz CT molecular complexity index is 1540. The van der Waals surface area contributed by atoms with E-state index in [1.807, 2.05) is 0 Å². The Labute approximate surface area is 214 Å². The SMILES string of the molecule is CN(Cc1cn(S(=O)(=O)c2cccc(CS(C)(=O)=O)c2)c(-c2cccnc2F)c1F)C(=O)OC(C)(C)C. The van der Waals surface area contributed by atoms with E-state index in [2.05, 4.69) is 4.98 Å². The predicted octanol–water partition coefficient (Wildman–Crippen LogP) is 3.98. The van der Waals surface area contributed by atoms with Crippen molar-refractivity contribution in [1.29, 1.82) is 0 Å². The van der Waals surface area contributed by atoms with Crippen molar-refractivity contribution in [2.45, 2.75) is 43.6 Å². The lowest BCUT2D eigenvalue weighted by Gasteiger charge is -2.24. The molecule has 1 aromatic carbocycles. The maximum atomic E-state index is 15.7. The summed E-state index contributed by atoms with van der Waals surface area (Å²) in [6.45, 7) is 4.59. The zero-order valence-corrected chi connectivity index (χ0v) is 22.5. The second-order valence-corrected chi connectivity index (χ2v) is 13.5. The first-order valence-corrected chi connectivity index (χ1v) is 14.5. The van der Waals surface area contributed by atoms with E-state index in [4.69, 9.17) is 4.74 Å². The van der Waals surface area contributed by atoms with Gasteiger partial charge in [0.2, 0.25) is 5.95 Å². The second-order valence-electron chi connectivity index (χ2n) is 9.51. The van der Waals surface area contributed by atoms with E-state index in [0.29, 0.717) is 3.97 Å². The molecule has 0 N–H and O–H groups in total. The van der Waals surface area contributed by atoms with Gasteiger partial charge < -0.3 is 9.64 Å². The number of nitrogens with zero attached hydrogens (tertiary/aromatic N) is 3. The van der Waals surface area contributed by atoms with Gasteiger partial charge in [-0.3, -0.25) is 0 Å². The fourth-order valence-electron chi connectivity index (χ4n) is 3.48. The number of benzene rings is 1. The van der Waals surface area contributed by atoms with Crippen LogP contribution in [0.3, 0.4) is 0 Å². The molecule has 3 aromatic rings. The van der Waals surface area contributed by atoms with E-state index in [1.165, 1.54) is 37.4 Å². The van der Waals surface area contributed by atoms with Crippen LogP contribution in [0.15, 0.2) is 53.7 Å². The molecule has 0 saturated heterocycles. The molecule has 9 nitrogen and oxygen atoms in total. The highest BCUT2D eigenvalue weighted by atomic mass is 32.2. The summed E-state index contributed by atoms with van der Waals surface area (Å²) in [6.07, 6.45) is 2.32. The Balaban J connectivity index is 2.16. The van der Waals surface area contributed by atoms with Crippen LogP contribution in [-0.2, 0) is 36.9 Å². The van der Waals surface area contributed by atoms with Crippen molar-refractivity contribution in [3.8, 4) is 11.3 Å². The van der Waals surface area contributed by atoms with Crippen LogP contribution < -0.4 is 0 Å². The summed E-state index contributed by atoms with van der Waals surface area (Å²) < 4.78 is 86.9. The number of aromatic nitrogens is 2. The topological polar surface area (TPSA) is 116 Å². The molecule has 0 fully saturated rings. The molecule has 13 heteroatoms. The molecule has 0 aliphatic rings. The fourth-order valence-corrected chi connectivity index (χ4v) is 5.73. The molecule has 1 amide bonds. The summed E-state index contributed by atoms with van der Waals surface area (Å²) in [5.74, 6) is -2.58. The van der Waals surface area contributed by atoms with E-state index in [9.17, 15) is 26.0 Å². The zero-order valence-electron chi connectivity index (χ0n) is 20.9. The number of carbonyl (C=O) groups excluding carboxylic acids is 1. The highest BCUT2D eigenvalue weighted by Gasteiger charge is 2.30. The van der Waals surface area contributed by atoms with Crippen LogP contribution in [0.4, 0.5) is 13.6 Å². The number of pyridine rings is 1. The zero-order chi connectivity index (χ0) is 27.8. The van der Waals surface area contributed by atoms with E-state index in [0.717, 1.165) is 29.6 Å². The first-order valence-electron chi connectivity index (χ1n) is 11.0. The Hall–Kier alpha value is -3.32. The number of sulfone groups is 1. The van der Waals surface area contributed by atoms with Crippen LogP contribution >= 0.6 is 0 Å². The summed E-state index contributed by atoms with van der Waals surface area (Å²) in [6, 6.07) is 7.67. The van der Waals surface area contributed by atoms with E-state index in [1.54, 1.807) is 20.8 Å². The lowest BCUT2D eigenvalue weighted by atomic mass is 10.1. The number of hydrogen-bond acceptors (Lipinski definition) is 7. The van der Waals surface area contributed by atoms with Crippen LogP contribution in [0, 0.1) is 11.8 Å². The Morgan fingerprint density at radius 2 is 1.78 bits per heavy atom. The summed E-state index contributed by atoms with van der Waals surface area (Å²) in [5, 5.41) is 0. The van der Waals surface area contributed by atoms with Gasteiger partial charge in [0.1, 0.15) is 11.3 Å². The van der Waals surface area contributed by atoms with Crippen LogP contribution in [0.2, 0.25) is 0 Å². The highest BCUT2D eigenvalue weighted by molar-refractivity contribution is 7.90. The number of carbonyl (C=O) groups is 1. The van der Waals surface area contributed by atoms with Crippen LogP contribution in [0.1, 0.15) is 31.9 Å². The van der Waals surface area contributed by atoms with Crippen molar-refractivity contribution in [1.82, 2.24) is 13.9 Å². The lowest BCUT2D eigenvalue weighted by Crippen LogP contribution is -2.33. The first kappa shape index (κ1) is 28.3. The Morgan fingerprint density at radius 1 is 1.11 bits per heavy atom. The van der Waals surface area contributed by atoms with Crippen molar-refractivity contribution in [3.63, 3.8) is 0 Å². The largest absolute Gasteiger partial charge is 0.444 e. The van der Waals surface area contributed by atoms with E-state index >= 15 is 4.39 Å². The molecule has 0 spiro atoms. The predicted molar refractivity (Wildman–Crippen MR) is 133 cm³/mol. The summed E-state index contributed by atoms with van der Waals surface area (Å²) in [4.78, 5) is 16.6. The molecule has 0 atom stereocenters. The van der Waals surface area contributed by atoms with Crippen molar-refractivity contribution in [2.75, 3.05) is 13.3 Å². The van der Waals surface area contributed by atoms with Crippen molar-refractivity contribution < 1.29 is 35.1 Å². The molecule has 0 saturated carbocycles. The van der Waals surface area contributed by atoms with Crippen molar-refractivity contribution >= 4 is 26.0 Å². The molecular weight excluding hydrogens is 528 g/mol. The first-order chi connectivity index (χ1) is 17.0. The molecular formula is C24H27F2N3O6S2.